The minimum Gasteiger partial charge on any atom is -0.309 e. The van der Waals surface area contributed by atoms with E-state index in [-0.39, 0.29) is 11.0 Å². The molecule has 0 aliphatic carbocycles. The fourth-order valence-corrected chi connectivity index (χ4v) is 3.79. The van der Waals surface area contributed by atoms with Crippen LogP contribution in [0.1, 0.15) is 38.3 Å². The number of fused-ring (bicyclic) bond motifs is 1. The second-order valence-corrected chi connectivity index (χ2v) is 6.68. The quantitative estimate of drug-likeness (QED) is 0.757. The number of carbonyl (C=O) groups is 1. The van der Waals surface area contributed by atoms with Gasteiger partial charge in [0.25, 0.3) is 0 Å². The Kier molecular flexibility index (Phi) is 3.12. The van der Waals surface area contributed by atoms with Gasteiger partial charge < -0.3 is 4.90 Å². The lowest BCUT2D eigenvalue weighted by Crippen LogP contribution is -2.52. The van der Waals surface area contributed by atoms with E-state index in [1.165, 1.54) is 11.1 Å². The predicted molar refractivity (Wildman–Crippen MR) is 86.6 cm³/mol. The largest absolute Gasteiger partial charge is 0.309 e. The van der Waals surface area contributed by atoms with Crippen molar-refractivity contribution in [1.29, 1.82) is 0 Å². The van der Waals surface area contributed by atoms with E-state index in [0.29, 0.717) is 0 Å². The highest BCUT2D eigenvalue weighted by molar-refractivity contribution is 5.82. The molecule has 108 valence electrons. The first-order valence-corrected chi connectivity index (χ1v) is 7.39. The number of benzene rings is 2. The van der Waals surface area contributed by atoms with Crippen LogP contribution >= 0.6 is 0 Å². The Labute approximate surface area is 126 Å². The Morgan fingerprint density at radius 1 is 0.952 bits per heavy atom. The maximum atomic E-state index is 11.6. The summed E-state index contributed by atoms with van der Waals surface area (Å²) in [6.45, 7) is 6.56. The summed E-state index contributed by atoms with van der Waals surface area (Å²) in [6.07, 6.45) is 1.86. The average molecular weight is 279 g/mol. The van der Waals surface area contributed by atoms with E-state index in [1.807, 2.05) is 23.1 Å². The molecule has 0 radical (unpaired) electrons. The fraction of sp³-hybridized carbons (Fsp3) is 0.316. The molecule has 2 aromatic rings. The van der Waals surface area contributed by atoms with Gasteiger partial charge in [0.05, 0.1) is 0 Å². The average Bonchev–Trinajstić information content (AvgIpc) is 2.48. The van der Waals surface area contributed by atoms with Gasteiger partial charge in [-0.05, 0) is 37.5 Å². The molecule has 0 bridgehead atoms. The molecule has 0 fully saturated rings. The first kappa shape index (κ1) is 13.9. The van der Waals surface area contributed by atoms with Gasteiger partial charge in [-0.15, -0.1) is 0 Å². The van der Waals surface area contributed by atoms with Gasteiger partial charge in [0.1, 0.15) is 0 Å². The molecule has 2 nitrogen and oxygen atoms in total. The maximum absolute atomic E-state index is 11.6. The summed E-state index contributed by atoms with van der Waals surface area (Å²) < 4.78 is 0. The van der Waals surface area contributed by atoms with E-state index in [4.69, 9.17) is 0 Å². The van der Waals surface area contributed by atoms with Crippen LogP contribution in [-0.4, -0.2) is 11.9 Å². The summed E-state index contributed by atoms with van der Waals surface area (Å²) in [7, 11) is 0. The molecule has 1 heterocycles. The van der Waals surface area contributed by atoms with Crippen molar-refractivity contribution < 1.29 is 4.79 Å². The smallest absolute Gasteiger partial charge is 0.214 e. The van der Waals surface area contributed by atoms with Crippen LogP contribution in [-0.2, 0) is 10.2 Å². The molecular weight excluding hydrogens is 258 g/mol. The number of hydrogen-bond acceptors (Lipinski definition) is 1. The number of para-hydroxylation sites is 1. The lowest BCUT2D eigenvalue weighted by molar-refractivity contribution is -0.108. The Morgan fingerprint density at radius 3 is 2.24 bits per heavy atom. The van der Waals surface area contributed by atoms with Gasteiger partial charge in [-0.25, -0.2) is 0 Å². The fourth-order valence-electron chi connectivity index (χ4n) is 3.79. The Hall–Kier alpha value is -2.09. The van der Waals surface area contributed by atoms with E-state index < -0.39 is 0 Å². The molecule has 2 heteroatoms. The summed E-state index contributed by atoms with van der Waals surface area (Å²) in [5.41, 5.74) is 3.26. The third-order valence-corrected chi connectivity index (χ3v) is 4.71. The van der Waals surface area contributed by atoms with Crippen molar-refractivity contribution in [1.82, 2.24) is 0 Å². The summed E-state index contributed by atoms with van der Waals surface area (Å²) in [4.78, 5) is 13.5. The second-order valence-electron chi connectivity index (χ2n) is 6.68. The number of nitrogens with zero attached hydrogens (tertiary/aromatic N) is 1. The third kappa shape index (κ3) is 2.06. The van der Waals surface area contributed by atoms with E-state index in [2.05, 4.69) is 57.2 Å². The molecule has 0 spiro atoms. The van der Waals surface area contributed by atoms with E-state index in [1.54, 1.807) is 0 Å². The molecule has 0 N–H and O–H groups in total. The van der Waals surface area contributed by atoms with Crippen LogP contribution in [0.2, 0.25) is 0 Å². The first-order chi connectivity index (χ1) is 9.99. The minimum absolute atomic E-state index is 0.0825. The normalized spacial score (nSPS) is 23.5. The van der Waals surface area contributed by atoms with Crippen LogP contribution in [0.4, 0.5) is 5.69 Å². The number of carbonyl (C=O) groups excluding carboxylic acids is 1. The maximum Gasteiger partial charge on any atom is 0.214 e. The highest BCUT2D eigenvalue weighted by Crippen LogP contribution is 2.49. The summed E-state index contributed by atoms with van der Waals surface area (Å²) >= 11 is 0. The van der Waals surface area contributed by atoms with E-state index >= 15 is 0 Å². The van der Waals surface area contributed by atoms with Crippen molar-refractivity contribution in [2.45, 2.75) is 38.1 Å². The monoisotopic (exact) mass is 279 g/mol. The van der Waals surface area contributed by atoms with Crippen LogP contribution in [0.25, 0.3) is 0 Å². The molecule has 0 saturated carbocycles. The molecule has 0 saturated heterocycles. The van der Waals surface area contributed by atoms with Crippen LogP contribution in [0.15, 0.2) is 54.6 Å². The summed E-state index contributed by atoms with van der Waals surface area (Å²) in [5, 5.41) is 0. The van der Waals surface area contributed by atoms with Gasteiger partial charge >= 0.3 is 0 Å². The SMILES string of the molecule is CC1(C)C[C@@](C)(c2ccccc2)c2ccccc2N1C=O. The highest BCUT2D eigenvalue weighted by atomic mass is 16.1. The number of anilines is 1. The van der Waals surface area contributed by atoms with Crippen molar-refractivity contribution in [3.05, 3.63) is 65.7 Å². The number of hydrogen-bond donors (Lipinski definition) is 0. The zero-order valence-electron chi connectivity index (χ0n) is 12.8. The molecule has 0 unspecified atom stereocenters. The second kappa shape index (κ2) is 4.73. The zero-order valence-corrected chi connectivity index (χ0v) is 12.8. The summed E-state index contributed by atoms with van der Waals surface area (Å²) in [5.74, 6) is 0. The molecular formula is C19H21NO. The zero-order chi connectivity index (χ0) is 15.1. The molecule has 1 amide bonds. The molecule has 1 aliphatic rings. The Balaban J connectivity index is 2.26. The van der Waals surface area contributed by atoms with Gasteiger partial charge in [-0.1, -0.05) is 55.5 Å². The molecule has 0 aromatic heterocycles. The Morgan fingerprint density at radius 2 is 1.57 bits per heavy atom. The number of amides is 1. The highest BCUT2D eigenvalue weighted by Gasteiger charge is 2.45. The van der Waals surface area contributed by atoms with Gasteiger partial charge in [0.2, 0.25) is 6.41 Å². The lowest BCUT2D eigenvalue weighted by Gasteiger charge is -2.50. The number of rotatable bonds is 2. The molecule has 2 aromatic carbocycles. The molecule has 21 heavy (non-hydrogen) atoms. The Bertz CT molecular complexity index is 662. The van der Waals surface area contributed by atoms with Crippen LogP contribution in [0.5, 0.6) is 0 Å². The van der Waals surface area contributed by atoms with Crippen LogP contribution < -0.4 is 4.90 Å². The molecule has 1 atom stereocenters. The van der Waals surface area contributed by atoms with Crippen molar-refractivity contribution in [3.63, 3.8) is 0 Å². The third-order valence-electron chi connectivity index (χ3n) is 4.71. The van der Waals surface area contributed by atoms with Crippen molar-refractivity contribution in [2.75, 3.05) is 4.90 Å². The minimum atomic E-state index is -0.208. The van der Waals surface area contributed by atoms with Gasteiger partial charge in [0, 0.05) is 16.6 Å². The predicted octanol–water partition coefficient (Wildman–Crippen LogP) is 4.14. The first-order valence-electron chi connectivity index (χ1n) is 7.39. The van der Waals surface area contributed by atoms with E-state index in [0.717, 1.165) is 18.5 Å². The van der Waals surface area contributed by atoms with Gasteiger partial charge in [-0.3, -0.25) is 4.79 Å². The van der Waals surface area contributed by atoms with Gasteiger partial charge in [0.15, 0.2) is 0 Å². The van der Waals surface area contributed by atoms with E-state index in [9.17, 15) is 4.79 Å². The molecule has 1 aliphatic heterocycles. The lowest BCUT2D eigenvalue weighted by atomic mass is 9.65. The van der Waals surface area contributed by atoms with Crippen LogP contribution in [0.3, 0.4) is 0 Å². The van der Waals surface area contributed by atoms with Gasteiger partial charge in [-0.2, -0.15) is 0 Å². The standard InChI is InChI=1S/C19H21NO/c1-18(2)13-19(3,15-9-5-4-6-10-15)16-11-7-8-12-17(16)20(18)14-21/h4-12,14H,13H2,1-3H3/t19-/m0/s1. The van der Waals surface area contributed by atoms with Crippen molar-refractivity contribution >= 4 is 12.1 Å². The van der Waals surface area contributed by atoms with Crippen LogP contribution in [0, 0.1) is 0 Å². The summed E-state index contributed by atoms with van der Waals surface area (Å²) in [6, 6.07) is 18.8. The van der Waals surface area contributed by atoms with Crippen molar-refractivity contribution in [2.24, 2.45) is 0 Å². The van der Waals surface area contributed by atoms with Crippen molar-refractivity contribution in [3.8, 4) is 0 Å². The topological polar surface area (TPSA) is 20.3 Å². The molecule has 3 rings (SSSR count).